The number of hydrogen-bond donors (Lipinski definition) is 1. The summed E-state index contributed by atoms with van der Waals surface area (Å²) in [6.07, 6.45) is 3.84. The van der Waals surface area contributed by atoms with E-state index in [9.17, 15) is 0 Å². The number of rotatable bonds is 7. The molecule has 102 valence electrons. The summed E-state index contributed by atoms with van der Waals surface area (Å²) in [6, 6.07) is 6.47. The van der Waals surface area contributed by atoms with Crippen molar-refractivity contribution in [3.63, 3.8) is 0 Å². The Morgan fingerprint density at radius 2 is 1.94 bits per heavy atom. The molecular formula is C15H23BrClN. The van der Waals surface area contributed by atoms with E-state index in [1.54, 1.807) is 0 Å². The fourth-order valence-corrected chi connectivity index (χ4v) is 2.48. The molecule has 0 saturated carbocycles. The standard InChI is InChI=1S/C15H23BrClN/c1-11(2)5-4-6-12(3)18-10-13-9-14(17)7-8-15(13)16/h7-9,11-12,18H,4-6,10H2,1-3H3. The van der Waals surface area contributed by atoms with Crippen LogP contribution in [0, 0.1) is 5.92 Å². The van der Waals surface area contributed by atoms with E-state index in [-0.39, 0.29) is 0 Å². The first-order valence-electron chi connectivity index (χ1n) is 6.66. The number of halogens is 2. The van der Waals surface area contributed by atoms with Crippen LogP contribution in [-0.4, -0.2) is 6.04 Å². The molecule has 0 spiro atoms. The van der Waals surface area contributed by atoms with Crippen molar-refractivity contribution in [2.24, 2.45) is 5.92 Å². The zero-order valence-corrected chi connectivity index (χ0v) is 13.8. The van der Waals surface area contributed by atoms with Gasteiger partial charge in [0, 0.05) is 22.1 Å². The maximum absolute atomic E-state index is 6.00. The van der Waals surface area contributed by atoms with Crippen molar-refractivity contribution >= 4 is 27.5 Å². The van der Waals surface area contributed by atoms with Gasteiger partial charge in [0.1, 0.15) is 0 Å². The van der Waals surface area contributed by atoms with Crippen LogP contribution in [0.25, 0.3) is 0 Å². The van der Waals surface area contributed by atoms with E-state index in [0.29, 0.717) is 6.04 Å². The summed E-state index contributed by atoms with van der Waals surface area (Å²) in [5.41, 5.74) is 1.22. The Kier molecular flexibility index (Phi) is 7.28. The highest BCUT2D eigenvalue weighted by atomic mass is 79.9. The summed E-state index contributed by atoms with van der Waals surface area (Å²) in [5, 5.41) is 4.35. The Bertz CT molecular complexity index is 366. The Balaban J connectivity index is 2.33. The molecule has 0 saturated heterocycles. The van der Waals surface area contributed by atoms with Gasteiger partial charge in [0.2, 0.25) is 0 Å². The van der Waals surface area contributed by atoms with Crippen LogP contribution in [0.2, 0.25) is 5.02 Å². The first-order chi connectivity index (χ1) is 8.49. The first-order valence-corrected chi connectivity index (χ1v) is 7.83. The quantitative estimate of drug-likeness (QED) is 0.704. The summed E-state index contributed by atoms with van der Waals surface area (Å²) in [7, 11) is 0. The highest BCUT2D eigenvalue weighted by Gasteiger charge is 2.05. The minimum Gasteiger partial charge on any atom is -0.310 e. The van der Waals surface area contributed by atoms with E-state index < -0.39 is 0 Å². The van der Waals surface area contributed by atoms with Crippen molar-refractivity contribution in [2.75, 3.05) is 0 Å². The Labute approximate surface area is 124 Å². The lowest BCUT2D eigenvalue weighted by molar-refractivity contribution is 0.457. The molecule has 0 fully saturated rings. The van der Waals surface area contributed by atoms with Crippen molar-refractivity contribution in [1.29, 1.82) is 0 Å². The zero-order chi connectivity index (χ0) is 13.5. The molecule has 0 aliphatic heterocycles. The molecule has 18 heavy (non-hydrogen) atoms. The normalized spacial score (nSPS) is 13.0. The third-order valence-corrected chi connectivity index (χ3v) is 4.08. The average Bonchev–Trinajstić information content (AvgIpc) is 2.30. The molecule has 1 rings (SSSR count). The van der Waals surface area contributed by atoms with Crippen molar-refractivity contribution in [2.45, 2.75) is 52.6 Å². The van der Waals surface area contributed by atoms with E-state index in [1.165, 1.54) is 24.8 Å². The third-order valence-electron chi connectivity index (χ3n) is 3.07. The Morgan fingerprint density at radius 3 is 2.61 bits per heavy atom. The fraction of sp³-hybridized carbons (Fsp3) is 0.600. The maximum Gasteiger partial charge on any atom is 0.0410 e. The summed E-state index contributed by atoms with van der Waals surface area (Å²) < 4.78 is 1.12. The van der Waals surface area contributed by atoms with Gasteiger partial charge in [-0.3, -0.25) is 0 Å². The van der Waals surface area contributed by atoms with Gasteiger partial charge in [0.05, 0.1) is 0 Å². The van der Waals surface area contributed by atoms with Crippen LogP contribution >= 0.6 is 27.5 Å². The fourth-order valence-electron chi connectivity index (χ4n) is 1.90. The molecule has 0 heterocycles. The average molecular weight is 333 g/mol. The number of benzene rings is 1. The first kappa shape index (κ1) is 16.0. The van der Waals surface area contributed by atoms with Gasteiger partial charge in [-0.25, -0.2) is 0 Å². The molecule has 0 aromatic heterocycles. The van der Waals surface area contributed by atoms with Crippen molar-refractivity contribution in [3.8, 4) is 0 Å². The molecular weight excluding hydrogens is 310 g/mol. The number of nitrogens with one attached hydrogen (secondary N) is 1. The van der Waals surface area contributed by atoms with E-state index >= 15 is 0 Å². The van der Waals surface area contributed by atoms with Gasteiger partial charge in [0.15, 0.2) is 0 Å². The minimum atomic E-state index is 0.551. The van der Waals surface area contributed by atoms with Crippen molar-refractivity contribution < 1.29 is 0 Å². The lowest BCUT2D eigenvalue weighted by Crippen LogP contribution is -2.25. The number of hydrogen-bond acceptors (Lipinski definition) is 1. The molecule has 0 radical (unpaired) electrons. The second-order valence-corrected chi connectivity index (χ2v) is 6.63. The molecule has 1 aromatic rings. The minimum absolute atomic E-state index is 0.551. The van der Waals surface area contributed by atoms with Gasteiger partial charge in [-0.1, -0.05) is 54.2 Å². The van der Waals surface area contributed by atoms with Gasteiger partial charge in [-0.2, -0.15) is 0 Å². The van der Waals surface area contributed by atoms with Gasteiger partial charge >= 0.3 is 0 Å². The van der Waals surface area contributed by atoms with Crippen LogP contribution in [0.3, 0.4) is 0 Å². The smallest absolute Gasteiger partial charge is 0.0410 e. The largest absolute Gasteiger partial charge is 0.310 e. The summed E-state index contributed by atoms with van der Waals surface area (Å²) in [5.74, 6) is 0.805. The van der Waals surface area contributed by atoms with Gasteiger partial charge < -0.3 is 5.32 Å². The highest BCUT2D eigenvalue weighted by molar-refractivity contribution is 9.10. The molecule has 1 nitrogen and oxygen atoms in total. The predicted octanol–water partition coefficient (Wildman–Crippen LogP) is 5.41. The highest BCUT2D eigenvalue weighted by Crippen LogP contribution is 2.21. The molecule has 1 N–H and O–H groups in total. The second-order valence-electron chi connectivity index (χ2n) is 5.34. The Hall–Kier alpha value is -0.0500. The molecule has 0 aliphatic carbocycles. The predicted molar refractivity (Wildman–Crippen MR) is 84.1 cm³/mol. The van der Waals surface area contributed by atoms with E-state index in [1.807, 2.05) is 18.2 Å². The van der Waals surface area contributed by atoms with Crippen LogP contribution in [0.15, 0.2) is 22.7 Å². The van der Waals surface area contributed by atoms with E-state index in [4.69, 9.17) is 11.6 Å². The van der Waals surface area contributed by atoms with Crippen LogP contribution in [0.1, 0.15) is 45.6 Å². The monoisotopic (exact) mass is 331 g/mol. The van der Waals surface area contributed by atoms with Crippen molar-refractivity contribution in [3.05, 3.63) is 33.3 Å². The molecule has 1 atom stereocenters. The summed E-state index contributed by atoms with van der Waals surface area (Å²) in [6.45, 7) is 7.67. The van der Waals surface area contributed by atoms with E-state index in [2.05, 4.69) is 42.0 Å². The zero-order valence-electron chi connectivity index (χ0n) is 11.5. The molecule has 3 heteroatoms. The van der Waals surface area contributed by atoms with Crippen LogP contribution in [0.5, 0.6) is 0 Å². The SMILES string of the molecule is CC(C)CCCC(C)NCc1cc(Cl)ccc1Br. The van der Waals surface area contributed by atoms with Gasteiger partial charge in [-0.05, 0) is 43.0 Å². The van der Waals surface area contributed by atoms with Gasteiger partial charge in [-0.15, -0.1) is 0 Å². The van der Waals surface area contributed by atoms with Crippen LogP contribution < -0.4 is 5.32 Å². The van der Waals surface area contributed by atoms with Crippen LogP contribution in [-0.2, 0) is 6.54 Å². The maximum atomic E-state index is 6.00. The van der Waals surface area contributed by atoms with E-state index in [0.717, 1.165) is 22.0 Å². The molecule has 1 unspecified atom stereocenters. The molecule has 0 aliphatic rings. The van der Waals surface area contributed by atoms with Crippen LogP contribution in [0.4, 0.5) is 0 Å². The lowest BCUT2D eigenvalue weighted by Gasteiger charge is -2.15. The van der Waals surface area contributed by atoms with Gasteiger partial charge in [0.25, 0.3) is 0 Å². The Morgan fingerprint density at radius 1 is 1.22 bits per heavy atom. The lowest BCUT2D eigenvalue weighted by atomic mass is 10.0. The summed E-state index contributed by atoms with van der Waals surface area (Å²) >= 11 is 9.56. The van der Waals surface area contributed by atoms with Crippen molar-refractivity contribution in [1.82, 2.24) is 5.32 Å². The third kappa shape index (κ3) is 6.21. The second kappa shape index (κ2) is 8.19. The molecule has 1 aromatic carbocycles. The molecule has 0 amide bonds. The summed E-state index contributed by atoms with van der Waals surface area (Å²) in [4.78, 5) is 0. The molecule has 0 bridgehead atoms. The topological polar surface area (TPSA) is 12.0 Å².